The summed E-state index contributed by atoms with van der Waals surface area (Å²) in [6, 6.07) is 5.38. The second-order valence-electron chi connectivity index (χ2n) is 7.99. The van der Waals surface area contributed by atoms with Gasteiger partial charge in [-0.1, -0.05) is 12.1 Å². The highest BCUT2D eigenvalue weighted by Gasteiger charge is 2.52. The minimum absolute atomic E-state index is 0.263. The molecular formula is C21H19F6N3O. The van der Waals surface area contributed by atoms with E-state index in [0.717, 1.165) is 24.4 Å². The molecule has 2 fully saturated rings. The number of anilines is 1. The Morgan fingerprint density at radius 2 is 1.65 bits per heavy atom. The molecule has 166 valence electrons. The van der Waals surface area contributed by atoms with Crippen LogP contribution in [0.2, 0.25) is 0 Å². The SMILES string of the molecule is O=C(N[C@@H]1CCN(c2cncc(C(F)(F)F)c2)C1)C1(c2ccc(C(F)(F)F)cc2)CC1. The number of pyridine rings is 1. The first-order valence-corrected chi connectivity index (χ1v) is 9.75. The molecule has 2 aliphatic rings. The number of aromatic nitrogens is 1. The average molecular weight is 443 g/mol. The molecule has 0 spiro atoms. The first-order valence-electron chi connectivity index (χ1n) is 9.75. The fourth-order valence-corrected chi connectivity index (χ4v) is 3.94. The molecule has 10 heteroatoms. The summed E-state index contributed by atoms with van der Waals surface area (Å²) in [4.78, 5) is 18.3. The summed E-state index contributed by atoms with van der Waals surface area (Å²) in [5.74, 6) is -0.263. The average Bonchev–Trinajstić information content (AvgIpc) is 3.40. The maximum atomic E-state index is 12.9. The van der Waals surface area contributed by atoms with Crippen molar-refractivity contribution in [2.45, 2.75) is 43.1 Å². The van der Waals surface area contributed by atoms with Gasteiger partial charge in [0.1, 0.15) is 0 Å². The number of nitrogens with one attached hydrogen (secondary N) is 1. The summed E-state index contributed by atoms with van der Waals surface area (Å²) >= 11 is 0. The van der Waals surface area contributed by atoms with Crippen LogP contribution in [-0.2, 0) is 22.6 Å². The maximum Gasteiger partial charge on any atom is 0.417 e. The third-order valence-corrected chi connectivity index (χ3v) is 5.89. The second kappa shape index (κ2) is 7.42. The Kier molecular flexibility index (Phi) is 5.13. The molecule has 31 heavy (non-hydrogen) atoms. The fourth-order valence-electron chi connectivity index (χ4n) is 3.94. The van der Waals surface area contributed by atoms with Crippen LogP contribution >= 0.6 is 0 Å². The lowest BCUT2D eigenvalue weighted by Crippen LogP contribution is -2.43. The van der Waals surface area contributed by atoms with E-state index < -0.39 is 28.9 Å². The summed E-state index contributed by atoms with van der Waals surface area (Å²) in [6.07, 6.45) is -5.19. The summed E-state index contributed by atoms with van der Waals surface area (Å²) in [7, 11) is 0. The number of rotatable bonds is 4. The number of carbonyl (C=O) groups excluding carboxylic acids is 1. The van der Waals surface area contributed by atoms with E-state index in [1.54, 1.807) is 4.90 Å². The zero-order chi connectivity index (χ0) is 22.4. The van der Waals surface area contributed by atoms with E-state index >= 15 is 0 Å². The van der Waals surface area contributed by atoms with Crippen molar-refractivity contribution in [2.75, 3.05) is 18.0 Å². The van der Waals surface area contributed by atoms with Crippen molar-refractivity contribution in [1.82, 2.24) is 10.3 Å². The molecule has 0 radical (unpaired) electrons. The van der Waals surface area contributed by atoms with Gasteiger partial charge in [-0.3, -0.25) is 9.78 Å². The molecule has 1 N–H and O–H groups in total. The number of alkyl halides is 6. The quantitative estimate of drug-likeness (QED) is 0.706. The van der Waals surface area contributed by atoms with Gasteiger partial charge in [0.2, 0.25) is 5.91 Å². The van der Waals surface area contributed by atoms with E-state index in [2.05, 4.69) is 10.3 Å². The highest BCUT2D eigenvalue weighted by atomic mass is 19.4. The Balaban J connectivity index is 1.41. The van der Waals surface area contributed by atoms with E-state index in [-0.39, 0.29) is 11.9 Å². The molecule has 4 rings (SSSR count). The number of amides is 1. The van der Waals surface area contributed by atoms with Gasteiger partial charge in [0.05, 0.1) is 28.4 Å². The smallest absolute Gasteiger partial charge is 0.368 e. The summed E-state index contributed by atoms with van der Waals surface area (Å²) in [5, 5.41) is 2.92. The number of carbonyl (C=O) groups is 1. The third kappa shape index (κ3) is 4.33. The fraction of sp³-hybridized carbons (Fsp3) is 0.429. The number of halogens is 6. The molecule has 2 heterocycles. The maximum absolute atomic E-state index is 12.9. The van der Waals surface area contributed by atoms with Crippen LogP contribution in [0.25, 0.3) is 0 Å². The molecule has 1 aliphatic heterocycles. The Labute approximate surface area is 174 Å². The minimum atomic E-state index is -4.49. The zero-order valence-corrected chi connectivity index (χ0v) is 16.2. The van der Waals surface area contributed by atoms with Crippen molar-refractivity contribution in [3.8, 4) is 0 Å². The molecule has 0 bridgehead atoms. The van der Waals surface area contributed by atoms with Crippen LogP contribution in [0.15, 0.2) is 42.7 Å². The first kappa shape index (κ1) is 21.5. The van der Waals surface area contributed by atoms with Crippen LogP contribution in [0.4, 0.5) is 32.0 Å². The van der Waals surface area contributed by atoms with Gasteiger partial charge in [-0.15, -0.1) is 0 Å². The normalized spacial score (nSPS) is 20.6. The van der Waals surface area contributed by atoms with E-state index in [1.165, 1.54) is 18.3 Å². The van der Waals surface area contributed by atoms with E-state index in [1.807, 2.05) is 0 Å². The molecular weight excluding hydrogens is 424 g/mol. The number of benzene rings is 1. The largest absolute Gasteiger partial charge is 0.417 e. The van der Waals surface area contributed by atoms with Crippen LogP contribution in [0.3, 0.4) is 0 Å². The van der Waals surface area contributed by atoms with Gasteiger partial charge >= 0.3 is 12.4 Å². The number of hydrogen-bond donors (Lipinski definition) is 1. The predicted octanol–water partition coefficient (Wildman–Crippen LogP) is 4.55. The van der Waals surface area contributed by atoms with Crippen molar-refractivity contribution in [3.63, 3.8) is 0 Å². The second-order valence-corrected chi connectivity index (χ2v) is 7.99. The van der Waals surface area contributed by atoms with Crippen molar-refractivity contribution in [2.24, 2.45) is 0 Å². The monoisotopic (exact) mass is 443 g/mol. The van der Waals surface area contributed by atoms with Crippen molar-refractivity contribution in [1.29, 1.82) is 0 Å². The van der Waals surface area contributed by atoms with Gasteiger partial charge < -0.3 is 10.2 Å². The Morgan fingerprint density at radius 3 is 2.23 bits per heavy atom. The van der Waals surface area contributed by atoms with Crippen molar-refractivity contribution >= 4 is 11.6 Å². The van der Waals surface area contributed by atoms with Gasteiger partial charge in [-0.25, -0.2) is 0 Å². The molecule has 4 nitrogen and oxygen atoms in total. The van der Waals surface area contributed by atoms with Gasteiger partial charge in [0.15, 0.2) is 0 Å². The standard InChI is InChI=1S/C21H19F6N3O/c22-20(23,24)14-3-1-13(2-4-14)19(6-7-19)18(31)29-16-5-8-30(12-16)17-9-15(10-28-11-17)21(25,26)27/h1-4,9-11,16H,5-8,12H2,(H,29,31)/t16-/m1/s1. The lowest BCUT2D eigenvalue weighted by atomic mass is 9.93. The molecule has 1 aromatic heterocycles. The van der Waals surface area contributed by atoms with Crippen LogP contribution < -0.4 is 10.2 Å². The molecule has 1 saturated carbocycles. The molecule has 0 unspecified atom stereocenters. The van der Waals surface area contributed by atoms with Gasteiger partial charge in [0.25, 0.3) is 0 Å². The highest BCUT2D eigenvalue weighted by molar-refractivity contribution is 5.91. The van der Waals surface area contributed by atoms with Gasteiger partial charge in [0, 0.05) is 25.3 Å². The lowest BCUT2D eigenvalue weighted by Gasteiger charge is -2.22. The van der Waals surface area contributed by atoms with E-state index in [4.69, 9.17) is 0 Å². The first-order chi connectivity index (χ1) is 14.5. The van der Waals surface area contributed by atoms with Gasteiger partial charge in [-0.2, -0.15) is 26.3 Å². The Bertz CT molecular complexity index is 966. The highest BCUT2D eigenvalue weighted by Crippen LogP contribution is 2.49. The topological polar surface area (TPSA) is 45.2 Å². The van der Waals surface area contributed by atoms with Crippen molar-refractivity contribution in [3.05, 3.63) is 59.4 Å². The Morgan fingerprint density at radius 1 is 1.00 bits per heavy atom. The molecule has 1 atom stereocenters. The summed E-state index contributed by atoms with van der Waals surface area (Å²) < 4.78 is 77.1. The van der Waals surface area contributed by atoms with E-state index in [0.29, 0.717) is 43.6 Å². The zero-order valence-electron chi connectivity index (χ0n) is 16.2. The van der Waals surface area contributed by atoms with Crippen LogP contribution in [0.5, 0.6) is 0 Å². The number of nitrogens with zero attached hydrogens (tertiary/aromatic N) is 2. The molecule has 1 aromatic carbocycles. The predicted molar refractivity (Wildman–Crippen MR) is 100 cm³/mol. The summed E-state index contributed by atoms with van der Waals surface area (Å²) in [6.45, 7) is 0.791. The molecule has 1 saturated heterocycles. The van der Waals surface area contributed by atoms with E-state index in [9.17, 15) is 31.1 Å². The molecule has 1 amide bonds. The van der Waals surface area contributed by atoms with Crippen LogP contribution in [0.1, 0.15) is 36.0 Å². The van der Waals surface area contributed by atoms with Crippen LogP contribution in [-0.4, -0.2) is 30.0 Å². The third-order valence-electron chi connectivity index (χ3n) is 5.89. The summed E-state index contributed by atoms with van der Waals surface area (Å²) in [5.41, 5.74) is -1.58. The van der Waals surface area contributed by atoms with Crippen molar-refractivity contribution < 1.29 is 31.1 Å². The number of hydrogen-bond acceptors (Lipinski definition) is 3. The Hall–Kier alpha value is -2.78. The lowest BCUT2D eigenvalue weighted by molar-refractivity contribution is -0.138. The molecule has 1 aliphatic carbocycles. The van der Waals surface area contributed by atoms with Crippen LogP contribution in [0, 0.1) is 0 Å². The van der Waals surface area contributed by atoms with Gasteiger partial charge in [-0.05, 0) is 43.0 Å². The molecule has 2 aromatic rings. The minimum Gasteiger partial charge on any atom is -0.368 e.